The van der Waals surface area contributed by atoms with Crippen LogP contribution in [-0.2, 0) is 9.30 Å². The van der Waals surface area contributed by atoms with Crippen molar-refractivity contribution in [3.63, 3.8) is 0 Å². The van der Waals surface area contributed by atoms with Gasteiger partial charge in [-0.15, -0.1) is 0 Å². The van der Waals surface area contributed by atoms with Crippen LogP contribution in [-0.4, -0.2) is 65.1 Å². The molecule has 1 aromatic rings. The number of imidazole rings is 1. The largest absolute Gasteiger partial charge is 0.387 e. The van der Waals surface area contributed by atoms with E-state index in [4.69, 9.17) is 20.3 Å². The van der Waals surface area contributed by atoms with Gasteiger partial charge in [-0.05, 0) is 0 Å². The number of primary amides is 1. The molecule has 1 aliphatic rings. The Hall–Kier alpha value is -1.33. The van der Waals surface area contributed by atoms with Crippen LogP contribution in [0.3, 0.4) is 0 Å². The van der Waals surface area contributed by atoms with Gasteiger partial charge in [0.15, 0.2) is 5.85 Å². The van der Waals surface area contributed by atoms with Crippen LogP contribution in [0.1, 0.15) is 22.4 Å². The van der Waals surface area contributed by atoms with Crippen LogP contribution < -0.4 is 5.73 Å². The highest BCUT2D eigenvalue weighted by molar-refractivity contribution is 7.52. The first-order valence-corrected chi connectivity index (χ1v) is 7.40. The Labute approximate surface area is 117 Å². The highest BCUT2D eigenvalue weighted by atomic mass is 31.2. The molecule has 0 aromatic carbocycles. The number of aromatic nitrogens is 2. The summed E-state index contributed by atoms with van der Waals surface area (Å²) in [4.78, 5) is 34.9. The van der Waals surface area contributed by atoms with Crippen molar-refractivity contribution in [3.05, 3.63) is 17.7 Å². The van der Waals surface area contributed by atoms with E-state index >= 15 is 0 Å². The number of aromatic amines is 1. The van der Waals surface area contributed by atoms with Gasteiger partial charge < -0.3 is 40.6 Å². The van der Waals surface area contributed by atoms with E-state index < -0.39 is 43.8 Å². The van der Waals surface area contributed by atoms with Crippen molar-refractivity contribution < 1.29 is 39.2 Å². The van der Waals surface area contributed by atoms with E-state index in [1.807, 2.05) is 0 Å². The smallest absolute Gasteiger partial charge is 0.356 e. The SMILES string of the molecule is NC(=O)c1cnc(C2O[C@H](C(O)P(=O)(O)O)[C@@H](O)[C@H]2O)[nH]1. The Morgan fingerprint density at radius 2 is 2.05 bits per heavy atom. The molecule has 2 unspecified atom stereocenters. The monoisotopic (exact) mass is 323 g/mol. The van der Waals surface area contributed by atoms with Gasteiger partial charge in [0.2, 0.25) is 0 Å². The second-order valence-electron chi connectivity index (χ2n) is 4.55. The molecule has 1 fully saturated rings. The minimum Gasteiger partial charge on any atom is -0.387 e. The zero-order chi connectivity index (χ0) is 15.9. The lowest BCUT2D eigenvalue weighted by atomic mass is 10.1. The van der Waals surface area contributed by atoms with Crippen molar-refractivity contribution >= 4 is 13.5 Å². The first kappa shape index (κ1) is 16.0. The van der Waals surface area contributed by atoms with E-state index in [2.05, 4.69) is 9.97 Å². The van der Waals surface area contributed by atoms with Crippen molar-refractivity contribution in [1.82, 2.24) is 9.97 Å². The molecule has 12 heteroatoms. The van der Waals surface area contributed by atoms with Crippen molar-refractivity contribution in [2.24, 2.45) is 5.73 Å². The van der Waals surface area contributed by atoms with E-state index in [1.165, 1.54) is 0 Å². The lowest BCUT2D eigenvalue weighted by Gasteiger charge is -2.21. The number of H-pyrrole nitrogens is 1. The molecule has 1 saturated heterocycles. The van der Waals surface area contributed by atoms with E-state index in [0.717, 1.165) is 6.20 Å². The summed E-state index contributed by atoms with van der Waals surface area (Å²) in [6.45, 7) is 0. The van der Waals surface area contributed by atoms with Crippen LogP contribution in [0, 0.1) is 0 Å². The average Bonchev–Trinajstić information content (AvgIpc) is 2.95. The third-order valence-corrected chi connectivity index (χ3v) is 4.05. The normalized spacial score (nSPS) is 31.3. The van der Waals surface area contributed by atoms with Crippen LogP contribution in [0.5, 0.6) is 0 Å². The molecule has 11 nitrogen and oxygen atoms in total. The van der Waals surface area contributed by atoms with Crippen molar-refractivity contribution in [1.29, 1.82) is 0 Å². The highest BCUT2D eigenvalue weighted by Gasteiger charge is 2.52. The standard InChI is InChI=1S/C9H14N3O8P/c10-7(15)2-1-11-8(12-2)5-3(13)4(14)6(20-5)9(16)21(17,18)19/h1,3-6,9,13-14,16H,(H2,10,15)(H,11,12)(H2,17,18,19)/t3-,4+,5?,6+,9?/m1/s1. The molecule has 0 spiro atoms. The van der Waals surface area contributed by atoms with Crippen molar-refractivity contribution in [2.45, 2.75) is 30.3 Å². The zero-order valence-corrected chi connectivity index (χ0v) is 11.3. The summed E-state index contributed by atoms with van der Waals surface area (Å²) in [6.07, 6.45) is -5.30. The number of hydrogen-bond acceptors (Lipinski definition) is 7. The summed E-state index contributed by atoms with van der Waals surface area (Å²) in [5.41, 5.74) is 4.94. The van der Waals surface area contributed by atoms with Gasteiger partial charge in [-0.1, -0.05) is 0 Å². The number of nitrogens with zero attached hydrogens (tertiary/aromatic N) is 1. The first-order valence-electron chi connectivity index (χ1n) is 5.72. The zero-order valence-electron chi connectivity index (χ0n) is 10.4. The molecule has 2 rings (SSSR count). The molecule has 2 heterocycles. The van der Waals surface area contributed by atoms with Gasteiger partial charge in [0.25, 0.3) is 5.91 Å². The number of aliphatic hydroxyl groups is 3. The molecule has 1 amide bonds. The summed E-state index contributed by atoms with van der Waals surface area (Å²) in [5.74, 6) is -3.19. The summed E-state index contributed by atoms with van der Waals surface area (Å²) in [6, 6.07) is 0. The maximum absolute atomic E-state index is 11.0. The summed E-state index contributed by atoms with van der Waals surface area (Å²) < 4.78 is 16.1. The Morgan fingerprint density at radius 1 is 1.43 bits per heavy atom. The minimum atomic E-state index is -4.94. The summed E-state index contributed by atoms with van der Waals surface area (Å²) in [5, 5.41) is 29.0. The highest BCUT2D eigenvalue weighted by Crippen LogP contribution is 2.46. The maximum Gasteiger partial charge on any atom is 0.356 e. The van der Waals surface area contributed by atoms with Gasteiger partial charge in [-0.2, -0.15) is 0 Å². The predicted octanol–water partition coefficient (Wildman–Crippen LogP) is -2.83. The number of aliphatic hydroxyl groups excluding tert-OH is 3. The Kier molecular flexibility index (Phi) is 4.17. The van der Waals surface area contributed by atoms with Crippen LogP contribution in [0.4, 0.5) is 0 Å². The van der Waals surface area contributed by atoms with Gasteiger partial charge in [-0.25, -0.2) is 4.98 Å². The molecule has 0 saturated carbocycles. The van der Waals surface area contributed by atoms with Crippen LogP contribution in [0.2, 0.25) is 0 Å². The van der Waals surface area contributed by atoms with Crippen LogP contribution in [0.15, 0.2) is 6.20 Å². The number of amides is 1. The maximum atomic E-state index is 11.0. The molecule has 0 bridgehead atoms. The molecule has 0 radical (unpaired) electrons. The second kappa shape index (κ2) is 5.46. The third-order valence-electron chi connectivity index (χ3n) is 3.07. The van der Waals surface area contributed by atoms with Crippen molar-refractivity contribution in [3.8, 4) is 0 Å². The van der Waals surface area contributed by atoms with Gasteiger partial charge in [0.1, 0.15) is 35.9 Å². The number of carbonyl (C=O) groups excluding carboxylic acids is 1. The third kappa shape index (κ3) is 2.99. The Morgan fingerprint density at radius 3 is 2.52 bits per heavy atom. The lowest BCUT2D eigenvalue weighted by molar-refractivity contribution is -0.0465. The number of nitrogens with two attached hydrogens (primary N) is 1. The molecular weight excluding hydrogens is 309 g/mol. The van der Waals surface area contributed by atoms with Gasteiger partial charge >= 0.3 is 7.60 Å². The summed E-state index contributed by atoms with van der Waals surface area (Å²) >= 11 is 0. The molecular formula is C9H14N3O8P. The fraction of sp³-hybridized carbons (Fsp3) is 0.556. The number of nitrogens with one attached hydrogen (secondary N) is 1. The number of rotatable bonds is 4. The van der Waals surface area contributed by atoms with E-state index in [9.17, 15) is 24.7 Å². The van der Waals surface area contributed by atoms with E-state index in [0.29, 0.717) is 0 Å². The average molecular weight is 323 g/mol. The molecule has 118 valence electrons. The fourth-order valence-electron chi connectivity index (χ4n) is 1.97. The second-order valence-corrected chi connectivity index (χ2v) is 6.26. The molecule has 1 aromatic heterocycles. The van der Waals surface area contributed by atoms with Gasteiger partial charge in [-0.3, -0.25) is 9.36 Å². The Balaban J connectivity index is 2.23. The van der Waals surface area contributed by atoms with E-state index in [-0.39, 0.29) is 11.5 Å². The predicted molar refractivity (Wildman–Crippen MR) is 64.8 cm³/mol. The number of hydrogen-bond donors (Lipinski definition) is 7. The molecule has 1 aliphatic heterocycles. The molecule has 8 N–H and O–H groups in total. The van der Waals surface area contributed by atoms with Crippen molar-refractivity contribution in [2.75, 3.05) is 0 Å². The van der Waals surface area contributed by atoms with Crippen LogP contribution in [0.25, 0.3) is 0 Å². The quantitative estimate of drug-likeness (QED) is 0.285. The topological polar surface area (TPSA) is 199 Å². The lowest BCUT2D eigenvalue weighted by Crippen LogP contribution is -2.38. The summed E-state index contributed by atoms with van der Waals surface area (Å²) in [7, 11) is -4.94. The molecule has 0 aliphatic carbocycles. The minimum absolute atomic E-state index is 0.0734. The number of carbonyl (C=O) groups is 1. The molecule has 5 atom stereocenters. The van der Waals surface area contributed by atoms with Gasteiger partial charge in [0.05, 0.1) is 6.20 Å². The fourth-order valence-corrected chi connectivity index (χ4v) is 2.60. The van der Waals surface area contributed by atoms with Gasteiger partial charge in [0, 0.05) is 0 Å². The first-order chi connectivity index (χ1) is 9.62. The molecule has 21 heavy (non-hydrogen) atoms. The Bertz CT molecular complexity index is 585. The van der Waals surface area contributed by atoms with Crippen LogP contribution >= 0.6 is 7.60 Å². The number of ether oxygens (including phenoxy) is 1. The van der Waals surface area contributed by atoms with E-state index in [1.54, 1.807) is 0 Å².